The minimum atomic E-state index is -0.436. The van der Waals surface area contributed by atoms with Gasteiger partial charge in [-0.1, -0.05) is 55.1 Å². The van der Waals surface area contributed by atoms with Crippen molar-refractivity contribution >= 4 is 29.3 Å². The molecule has 1 heterocycles. The van der Waals surface area contributed by atoms with E-state index in [9.17, 15) is 14.4 Å². The number of benzene rings is 2. The number of carbonyl (C=O) groups excluding carboxylic acids is 2. The van der Waals surface area contributed by atoms with Gasteiger partial charge < -0.3 is 10.1 Å². The van der Waals surface area contributed by atoms with Gasteiger partial charge in [-0.3, -0.25) is 14.6 Å². The average molecular weight is 424 g/mol. The minimum absolute atomic E-state index is 0.0137. The molecule has 0 aliphatic carbocycles. The van der Waals surface area contributed by atoms with Crippen molar-refractivity contribution in [2.24, 2.45) is 0 Å². The predicted octanol–water partition coefficient (Wildman–Crippen LogP) is 3.13. The van der Waals surface area contributed by atoms with Gasteiger partial charge in [0, 0.05) is 11.3 Å². The van der Waals surface area contributed by atoms with Crippen LogP contribution in [-0.4, -0.2) is 39.4 Å². The van der Waals surface area contributed by atoms with Crippen molar-refractivity contribution in [1.29, 1.82) is 0 Å². The van der Waals surface area contributed by atoms with Gasteiger partial charge in [-0.25, -0.2) is 4.79 Å². The molecular weight excluding hydrogens is 404 g/mol. The van der Waals surface area contributed by atoms with Gasteiger partial charge in [0.05, 0.1) is 17.9 Å². The monoisotopic (exact) mass is 424 g/mol. The fraction of sp³-hybridized carbons (Fsp3) is 0.190. The van der Waals surface area contributed by atoms with Crippen molar-refractivity contribution in [3.8, 4) is 11.3 Å². The molecule has 0 atom stereocenters. The molecule has 0 saturated carbocycles. The summed E-state index contributed by atoms with van der Waals surface area (Å²) >= 11 is 1.05. The van der Waals surface area contributed by atoms with Gasteiger partial charge in [0.25, 0.3) is 5.56 Å². The average Bonchev–Trinajstić information content (AvgIpc) is 2.77. The number of amides is 1. The molecule has 9 heteroatoms. The number of ether oxygens (including phenoxy) is 1. The lowest BCUT2D eigenvalue weighted by Crippen LogP contribution is -2.17. The largest absolute Gasteiger partial charge is 0.462 e. The highest BCUT2D eigenvalue weighted by Crippen LogP contribution is 2.16. The predicted molar refractivity (Wildman–Crippen MR) is 114 cm³/mol. The molecule has 0 aliphatic heterocycles. The first-order chi connectivity index (χ1) is 14.6. The summed E-state index contributed by atoms with van der Waals surface area (Å²) < 4.78 is 5.09. The minimum Gasteiger partial charge on any atom is -0.462 e. The van der Waals surface area contributed by atoms with Crippen LogP contribution in [0.15, 0.2) is 64.5 Å². The summed E-state index contributed by atoms with van der Waals surface area (Å²) in [7, 11) is 0. The molecular formula is C21H20N4O4S. The topological polar surface area (TPSA) is 114 Å². The van der Waals surface area contributed by atoms with Crippen molar-refractivity contribution in [3.63, 3.8) is 0 Å². The number of nitrogens with one attached hydrogen (secondary N) is 2. The van der Waals surface area contributed by atoms with Crippen LogP contribution in [0.5, 0.6) is 0 Å². The van der Waals surface area contributed by atoms with E-state index in [0.717, 1.165) is 18.2 Å². The van der Waals surface area contributed by atoms with Crippen molar-refractivity contribution in [2.75, 3.05) is 17.7 Å². The molecule has 0 saturated heterocycles. The fourth-order valence-corrected chi connectivity index (χ4v) is 3.11. The third kappa shape index (κ3) is 5.77. The Morgan fingerprint density at radius 3 is 2.63 bits per heavy atom. The number of esters is 1. The third-order valence-electron chi connectivity index (χ3n) is 3.88. The van der Waals surface area contributed by atoms with E-state index >= 15 is 0 Å². The molecule has 2 N–H and O–H groups in total. The van der Waals surface area contributed by atoms with Crippen molar-refractivity contribution in [3.05, 3.63) is 70.5 Å². The van der Waals surface area contributed by atoms with E-state index < -0.39 is 5.97 Å². The summed E-state index contributed by atoms with van der Waals surface area (Å²) in [5.41, 5.74) is 1.35. The number of hydrogen-bond donors (Lipinski definition) is 2. The Hall–Kier alpha value is -3.46. The smallest absolute Gasteiger partial charge is 0.338 e. The first kappa shape index (κ1) is 21.3. The molecule has 2 aromatic carbocycles. The normalized spacial score (nSPS) is 10.4. The summed E-state index contributed by atoms with van der Waals surface area (Å²) in [4.78, 5) is 39.0. The van der Waals surface area contributed by atoms with Crippen LogP contribution < -0.4 is 10.9 Å². The molecule has 3 aromatic rings. The van der Waals surface area contributed by atoms with Crippen LogP contribution in [0.4, 0.5) is 5.69 Å². The Bertz CT molecular complexity index is 1090. The van der Waals surface area contributed by atoms with E-state index in [1.54, 1.807) is 36.4 Å². The van der Waals surface area contributed by atoms with E-state index in [1.165, 1.54) is 0 Å². The number of rotatable bonds is 8. The molecule has 154 valence electrons. The Morgan fingerprint density at radius 1 is 1.10 bits per heavy atom. The fourth-order valence-electron chi connectivity index (χ4n) is 2.50. The molecule has 8 nitrogen and oxygen atoms in total. The maximum absolute atomic E-state index is 12.2. The second kappa shape index (κ2) is 10.4. The second-order valence-corrected chi connectivity index (χ2v) is 7.19. The Kier molecular flexibility index (Phi) is 7.34. The Labute approximate surface area is 177 Å². The SMILES string of the molecule is CCCOC(=O)c1cccc(NC(=O)CSc2nnc(-c3ccccc3)c(=O)[nH]2)c1. The van der Waals surface area contributed by atoms with Gasteiger partial charge in [-0.15, -0.1) is 10.2 Å². The van der Waals surface area contributed by atoms with Crippen LogP contribution in [0.2, 0.25) is 0 Å². The number of anilines is 1. The first-order valence-electron chi connectivity index (χ1n) is 9.29. The standard InChI is InChI=1S/C21H20N4O4S/c1-2-11-29-20(28)15-9-6-10-16(12-15)22-17(26)13-30-21-23-19(27)18(24-25-21)14-7-4-3-5-8-14/h3-10,12H,2,11,13H2,1H3,(H,22,26)(H,23,25,27). The first-order valence-corrected chi connectivity index (χ1v) is 10.3. The zero-order valence-electron chi connectivity index (χ0n) is 16.3. The van der Waals surface area contributed by atoms with Crippen molar-refractivity contribution in [2.45, 2.75) is 18.5 Å². The molecule has 1 aromatic heterocycles. The summed E-state index contributed by atoms with van der Waals surface area (Å²) in [6.45, 7) is 2.25. The number of nitrogens with zero attached hydrogens (tertiary/aromatic N) is 2. The number of thioether (sulfide) groups is 1. The van der Waals surface area contributed by atoms with Crippen molar-refractivity contribution < 1.29 is 14.3 Å². The van der Waals surface area contributed by atoms with E-state index in [2.05, 4.69) is 20.5 Å². The maximum atomic E-state index is 12.2. The lowest BCUT2D eigenvalue weighted by Gasteiger charge is -2.07. The molecule has 0 aliphatic rings. The Morgan fingerprint density at radius 2 is 1.90 bits per heavy atom. The number of carbonyl (C=O) groups is 2. The number of aromatic amines is 1. The van der Waals surface area contributed by atoms with Crippen LogP contribution in [0.1, 0.15) is 23.7 Å². The van der Waals surface area contributed by atoms with Gasteiger partial charge in [0.15, 0.2) is 10.9 Å². The molecule has 3 rings (SSSR count). The highest BCUT2D eigenvalue weighted by atomic mass is 32.2. The van der Waals surface area contributed by atoms with Crippen LogP contribution >= 0.6 is 11.8 Å². The van der Waals surface area contributed by atoms with Gasteiger partial charge in [0.1, 0.15) is 0 Å². The van der Waals surface area contributed by atoms with Gasteiger partial charge >= 0.3 is 5.97 Å². The number of hydrogen-bond acceptors (Lipinski definition) is 7. The van der Waals surface area contributed by atoms with Crippen molar-refractivity contribution in [1.82, 2.24) is 15.2 Å². The number of aromatic nitrogens is 3. The highest BCUT2D eigenvalue weighted by molar-refractivity contribution is 7.99. The summed E-state index contributed by atoms with van der Waals surface area (Å²) in [5, 5.41) is 10.9. The molecule has 0 radical (unpaired) electrons. The lowest BCUT2D eigenvalue weighted by molar-refractivity contribution is -0.113. The summed E-state index contributed by atoms with van der Waals surface area (Å²) in [5.74, 6) is -0.734. The zero-order chi connectivity index (χ0) is 21.3. The maximum Gasteiger partial charge on any atom is 0.338 e. The van der Waals surface area contributed by atoms with Crippen LogP contribution in [0, 0.1) is 0 Å². The van der Waals surface area contributed by atoms with E-state index in [-0.39, 0.29) is 28.1 Å². The quantitative estimate of drug-likeness (QED) is 0.422. The Balaban J connectivity index is 1.58. The van der Waals surface area contributed by atoms with Crippen LogP contribution in [-0.2, 0) is 9.53 Å². The van der Waals surface area contributed by atoms with E-state index in [1.807, 2.05) is 25.1 Å². The zero-order valence-corrected chi connectivity index (χ0v) is 17.1. The second-order valence-electron chi connectivity index (χ2n) is 6.23. The van der Waals surface area contributed by atoms with Gasteiger partial charge in [0.2, 0.25) is 5.91 Å². The van der Waals surface area contributed by atoms with E-state index in [0.29, 0.717) is 23.4 Å². The third-order valence-corrected chi connectivity index (χ3v) is 4.75. The van der Waals surface area contributed by atoms with Gasteiger partial charge in [-0.2, -0.15) is 0 Å². The molecule has 1 amide bonds. The highest BCUT2D eigenvalue weighted by Gasteiger charge is 2.11. The molecule has 0 bridgehead atoms. The number of H-pyrrole nitrogens is 1. The molecule has 0 unspecified atom stereocenters. The van der Waals surface area contributed by atoms with Crippen LogP contribution in [0.25, 0.3) is 11.3 Å². The molecule has 0 spiro atoms. The summed E-state index contributed by atoms with van der Waals surface area (Å²) in [6, 6.07) is 15.5. The van der Waals surface area contributed by atoms with Gasteiger partial charge in [-0.05, 0) is 24.6 Å². The molecule has 30 heavy (non-hydrogen) atoms. The van der Waals surface area contributed by atoms with Crippen LogP contribution in [0.3, 0.4) is 0 Å². The molecule has 0 fully saturated rings. The summed E-state index contributed by atoms with van der Waals surface area (Å²) in [6.07, 6.45) is 0.733. The lowest BCUT2D eigenvalue weighted by atomic mass is 10.2. The van der Waals surface area contributed by atoms with E-state index in [4.69, 9.17) is 4.74 Å².